The zero-order chi connectivity index (χ0) is 10.9. The molecule has 0 amide bonds. The van der Waals surface area contributed by atoms with Gasteiger partial charge in [0, 0.05) is 7.11 Å². The highest BCUT2D eigenvalue weighted by Crippen LogP contribution is 2.11. The summed E-state index contributed by atoms with van der Waals surface area (Å²) in [7, 11) is 1.74. The maximum Gasteiger partial charge on any atom is 0.0673 e. The molecule has 0 unspecified atom stereocenters. The van der Waals surface area contributed by atoms with E-state index >= 15 is 0 Å². The number of ether oxygens (including phenoxy) is 1. The van der Waals surface area contributed by atoms with Crippen LogP contribution < -0.4 is 5.73 Å². The minimum Gasteiger partial charge on any atom is -0.380 e. The van der Waals surface area contributed by atoms with Crippen LogP contribution in [0.2, 0.25) is 0 Å². The third-order valence-corrected chi connectivity index (χ3v) is 2.97. The molecule has 0 bridgehead atoms. The van der Waals surface area contributed by atoms with Crippen LogP contribution in [0.1, 0.15) is 18.4 Å². The predicted octanol–water partition coefficient (Wildman–Crippen LogP) is 2.60. The van der Waals surface area contributed by atoms with Crippen LogP contribution in [-0.2, 0) is 11.2 Å². The molecule has 1 aromatic heterocycles. The molecule has 0 saturated carbocycles. The van der Waals surface area contributed by atoms with Crippen LogP contribution in [-0.4, -0.2) is 20.3 Å². The molecule has 0 aliphatic rings. The van der Waals surface area contributed by atoms with Crippen molar-refractivity contribution in [2.24, 2.45) is 5.73 Å². The van der Waals surface area contributed by atoms with Crippen LogP contribution in [0.5, 0.6) is 0 Å². The Morgan fingerprint density at radius 2 is 2.47 bits per heavy atom. The molecule has 0 saturated heterocycles. The second-order valence-corrected chi connectivity index (χ2v) is 4.30. The van der Waals surface area contributed by atoms with Crippen molar-refractivity contribution >= 4 is 11.3 Å². The summed E-state index contributed by atoms with van der Waals surface area (Å²) in [6.45, 7) is 1.48. The zero-order valence-corrected chi connectivity index (χ0v) is 10.1. The molecule has 1 aromatic rings. The van der Waals surface area contributed by atoms with Gasteiger partial charge in [-0.2, -0.15) is 11.3 Å². The molecular weight excluding hydrogens is 206 g/mol. The summed E-state index contributed by atoms with van der Waals surface area (Å²) in [6.07, 6.45) is 5.36. The lowest BCUT2D eigenvalue weighted by atomic mass is 10.1. The second-order valence-electron chi connectivity index (χ2n) is 3.52. The Morgan fingerprint density at radius 3 is 3.07 bits per heavy atom. The summed E-state index contributed by atoms with van der Waals surface area (Å²) in [6, 6.07) is 2.16. The number of nitrogens with two attached hydrogens (primary N) is 1. The highest BCUT2D eigenvalue weighted by Gasteiger charge is 1.97. The van der Waals surface area contributed by atoms with Crippen molar-refractivity contribution < 1.29 is 4.74 Å². The van der Waals surface area contributed by atoms with Gasteiger partial charge in [0.25, 0.3) is 0 Å². The minimum absolute atomic E-state index is 0.726. The van der Waals surface area contributed by atoms with Gasteiger partial charge < -0.3 is 10.5 Å². The van der Waals surface area contributed by atoms with Gasteiger partial charge in [-0.1, -0.05) is 6.08 Å². The van der Waals surface area contributed by atoms with Crippen molar-refractivity contribution in [2.45, 2.75) is 19.3 Å². The van der Waals surface area contributed by atoms with Crippen molar-refractivity contribution in [2.75, 3.05) is 20.3 Å². The Labute approximate surface area is 95.8 Å². The molecule has 0 aliphatic heterocycles. The molecular formula is C12H19NOS. The smallest absolute Gasteiger partial charge is 0.0673 e. The average molecular weight is 225 g/mol. The summed E-state index contributed by atoms with van der Waals surface area (Å²) in [4.78, 5) is 0. The summed E-state index contributed by atoms with van der Waals surface area (Å²) < 4.78 is 5.16. The molecule has 15 heavy (non-hydrogen) atoms. The highest BCUT2D eigenvalue weighted by molar-refractivity contribution is 7.07. The first-order valence-electron chi connectivity index (χ1n) is 5.24. The first-order chi connectivity index (χ1) is 7.36. The van der Waals surface area contributed by atoms with Gasteiger partial charge in [-0.3, -0.25) is 0 Å². The Hall–Kier alpha value is -0.640. The van der Waals surface area contributed by atoms with Crippen LogP contribution >= 0.6 is 11.3 Å². The predicted molar refractivity (Wildman–Crippen MR) is 66.3 cm³/mol. The maximum absolute atomic E-state index is 5.50. The van der Waals surface area contributed by atoms with E-state index in [4.69, 9.17) is 10.5 Å². The third kappa shape index (κ3) is 5.11. The second kappa shape index (κ2) is 7.63. The van der Waals surface area contributed by atoms with Crippen molar-refractivity contribution in [3.63, 3.8) is 0 Å². The van der Waals surface area contributed by atoms with Crippen molar-refractivity contribution in [3.8, 4) is 0 Å². The zero-order valence-electron chi connectivity index (χ0n) is 9.24. The summed E-state index contributed by atoms with van der Waals surface area (Å²) >= 11 is 1.74. The standard InChI is InChI=1S/C12H19NOS/c1-14-9-11(3-2-7-13)4-5-12-6-8-15-10-12/h4,6,8,10H,2-3,5,7,9,13H2,1H3/b11-4+. The van der Waals surface area contributed by atoms with Gasteiger partial charge >= 0.3 is 0 Å². The van der Waals surface area contributed by atoms with Gasteiger partial charge in [0.1, 0.15) is 0 Å². The van der Waals surface area contributed by atoms with Crippen LogP contribution in [0.25, 0.3) is 0 Å². The Kier molecular flexibility index (Phi) is 6.32. The van der Waals surface area contributed by atoms with E-state index in [9.17, 15) is 0 Å². The van der Waals surface area contributed by atoms with E-state index in [0.29, 0.717) is 0 Å². The monoisotopic (exact) mass is 225 g/mol. The minimum atomic E-state index is 0.726. The van der Waals surface area contributed by atoms with Crippen LogP contribution in [0, 0.1) is 0 Å². The first kappa shape index (κ1) is 12.4. The molecule has 0 fully saturated rings. The quantitative estimate of drug-likeness (QED) is 0.724. The normalized spacial score (nSPS) is 12.0. The molecule has 2 N–H and O–H groups in total. The van der Waals surface area contributed by atoms with E-state index in [1.54, 1.807) is 18.4 Å². The van der Waals surface area contributed by atoms with Crippen molar-refractivity contribution in [1.29, 1.82) is 0 Å². The lowest BCUT2D eigenvalue weighted by Crippen LogP contribution is -2.02. The molecule has 1 rings (SSSR count). The molecule has 3 heteroatoms. The molecule has 0 aliphatic carbocycles. The van der Waals surface area contributed by atoms with E-state index < -0.39 is 0 Å². The van der Waals surface area contributed by atoms with E-state index in [-0.39, 0.29) is 0 Å². The maximum atomic E-state index is 5.50. The number of thiophene rings is 1. The van der Waals surface area contributed by atoms with Crippen LogP contribution in [0.3, 0.4) is 0 Å². The highest BCUT2D eigenvalue weighted by atomic mass is 32.1. The lowest BCUT2D eigenvalue weighted by molar-refractivity contribution is 0.222. The fourth-order valence-corrected chi connectivity index (χ4v) is 2.10. The summed E-state index contributed by atoms with van der Waals surface area (Å²) in [5.74, 6) is 0. The van der Waals surface area contributed by atoms with Crippen LogP contribution in [0.4, 0.5) is 0 Å². The van der Waals surface area contributed by atoms with Crippen molar-refractivity contribution in [1.82, 2.24) is 0 Å². The molecule has 84 valence electrons. The third-order valence-electron chi connectivity index (χ3n) is 2.24. The van der Waals surface area contributed by atoms with Crippen LogP contribution in [0.15, 0.2) is 28.5 Å². The molecule has 0 atom stereocenters. The molecule has 0 spiro atoms. The topological polar surface area (TPSA) is 35.2 Å². The van der Waals surface area contributed by atoms with Gasteiger partial charge in [-0.15, -0.1) is 0 Å². The fraction of sp³-hybridized carbons (Fsp3) is 0.500. The van der Waals surface area contributed by atoms with Gasteiger partial charge in [0.2, 0.25) is 0 Å². The number of hydrogen-bond acceptors (Lipinski definition) is 3. The number of hydrogen-bond donors (Lipinski definition) is 1. The molecule has 0 radical (unpaired) electrons. The Morgan fingerprint density at radius 1 is 1.60 bits per heavy atom. The van der Waals surface area contributed by atoms with Crippen molar-refractivity contribution in [3.05, 3.63) is 34.0 Å². The lowest BCUT2D eigenvalue weighted by Gasteiger charge is -2.05. The number of allylic oxidation sites excluding steroid dienone is 1. The fourth-order valence-electron chi connectivity index (χ4n) is 1.42. The van der Waals surface area contributed by atoms with E-state index in [0.717, 1.165) is 32.4 Å². The van der Waals surface area contributed by atoms with Gasteiger partial charge in [0.05, 0.1) is 6.61 Å². The number of rotatable bonds is 7. The SMILES string of the molecule is COC/C(=C/Cc1ccsc1)CCCN. The Balaban J connectivity index is 2.43. The van der Waals surface area contributed by atoms with Gasteiger partial charge in [-0.25, -0.2) is 0 Å². The Bertz CT molecular complexity index is 280. The summed E-state index contributed by atoms with van der Waals surface area (Å²) in [5, 5.41) is 4.29. The molecule has 1 heterocycles. The molecule has 2 nitrogen and oxygen atoms in total. The largest absolute Gasteiger partial charge is 0.380 e. The first-order valence-corrected chi connectivity index (χ1v) is 6.19. The van der Waals surface area contributed by atoms with E-state index in [1.165, 1.54) is 11.1 Å². The van der Waals surface area contributed by atoms with E-state index in [2.05, 4.69) is 22.9 Å². The van der Waals surface area contributed by atoms with Gasteiger partial charge in [-0.05, 0) is 53.8 Å². The van der Waals surface area contributed by atoms with Gasteiger partial charge in [0.15, 0.2) is 0 Å². The summed E-state index contributed by atoms with van der Waals surface area (Å²) in [5.41, 5.74) is 8.23. The number of methoxy groups -OCH3 is 1. The molecule has 0 aromatic carbocycles. The average Bonchev–Trinajstić information content (AvgIpc) is 2.75. The van der Waals surface area contributed by atoms with E-state index in [1.807, 2.05) is 0 Å².